The average molecular weight is 259 g/mol. The topological polar surface area (TPSA) is 101 Å². The molecule has 0 saturated carbocycles. The summed E-state index contributed by atoms with van der Waals surface area (Å²) in [5.74, 6) is 0.0333. The number of aromatic amines is 1. The number of methoxy groups -OCH3 is 1. The molecule has 1 aromatic rings. The predicted molar refractivity (Wildman–Crippen MR) is 59.3 cm³/mol. The second kappa shape index (κ2) is 4.46. The van der Waals surface area contributed by atoms with Crippen LogP contribution in [0, 0.1) is 0 Å². The maximum Gasteiger partial charge on any atom is 0.356 e. The van der Waals surface area contributed by atoms with Gasteiger partial charge in [0.2, 0.25) is 0 Å². The van der Waals surface area contributed by atoms with E-state index < -0.39 is 21.8 Å². The first-order valence-electron chi connectivity index (χ1n) is 5.09. The second-order valence-corrected chi connectivity index (χ2v) is 6.02. The standard InChI is InChI=1S/C9H13N3O4S/c1-16-9(13)6-4-11-8(12-6)7-5-17(14,15)3-2-10-7/h4,7,10H,2-3,5H2,1H3,(H,11,12). The van der Waals surface area contributed by atoms with E-state index in [0.29, 0.717) is 12.4 Å². The van der Waals surface area contributed by atoms with Gasteiger partial charge in [0, 0.05) is 6.54 Å². The molecule has 0 aromatic carbocycles. The van der Waals surface area contributed by atoms with Crippen LogP contribution in [-0.2, 0) is 14.6 Å². The molecular formula is C9H13N3O4S. The highest BCUT2D eigenvalue weighted by atomic mass is 32.2. The van der Waals surface area contributed by atoms with Gasteiger partial charge in [-0.25, -0.2) is 18.2 Å². The Morgan fingerprint density at radius 1 is 1.59 bits per heavy atom. The van der Waals surface area contributed by atoms with Gasteiger partial charge in [-0.2, -0.15) is 0 Å². The van der Waals surface area contributed by atoms with Crippen LogP contribution in [0.15, 0.2) is 6.20 Å². The Balaban J connectivity index is 2.17. The minimum Gasteiger partial charge on any atom is -0.464 e. The molecule has 1 aromatic heterocycles. The number of rotatable bonds is 2. The van der Waals surface area contributed by atoms with E-state index >= 15 is 0 Å². The van der Waals surface area contributed by atoms with Crippen LogP contribution in [0.2, 0.25) is 0 Å². The zero-order chi connectivity index (χ0) is 12.5. The summed E-state index contributed by atoms with van der Waals surface area (Å²) in [6, 6.07) is -0.396. The molecule has 2 heterocycles. The van der Waals surface area contributed by atoms with Crippen LogP contribution in [0.4, 0.5) is 0 Å². The molecule has 2 N–H and O–H groups in total. The van der Waals surface area contributed by atoms with E-state index in [2.05, 4.69) is 20.0 Å². The van der Waals surface area contributed by atoms with Gasteiger partial charge in [0.15, 0.2) is 9.84 Å². The van der Waals surface area contributed by atoms with Crippen LogP contribution in [0.25, 0.3) is 0 Å². The first kappa shape index (κ1) is 12.1. The minimum atomic E-state index is -3.04. The summed E-state index contributed by atoms with van der Waals surface area (Å²) in [5, 5.41) is 3.04. The Kier molecular flexibility index (Phi) is 3.16. The Bertz CT molecular complexity index is 522. The van der Waals surface area contributed by atoms with Gasteiger partial charge in [-0.1, -0.05) is 0 Å². The Morgan fingerprint density at radius 3 is 3.00 bits per heavy atom. The summed E-state index contributed by atoms with van der Waals surface area (Å²) in [7, 11) is -1.77. The number of carbonyl (C=O) groups is 1. The number of esters is 1. The maximum atomic E-state index is 11.5. The van der Waals surface area contributed by atoms with Crippen LogP contribution >= 0.6 is 0 Å². The zero-order valence-corrected chi connectivity index (χ0v) is 10.1. The van der Waals surface area contributed by atoms with Gasteiger partial charge >= 0.3 is 5.97 Å². The molecule has 1 saturated heterocycles. The Labute approximate surface area is 98.5 Å². The van der Waals surface area contributed by atoms with Crippen molar-refractivity contribution in [3.05, 3.63) is 17.7 Å². The number of H-pyrrole nitrogens is 1. The lowest BCUT2D eigenvalue weighted by molar-refractivity contribution is 0.0594. The summed E-state index contributed by atoms with van der Waals surface area (Å²) in [5.41, 5.74) is 0.215. The van der Waals surface area contributed by atoms with E-state index in [1.165, 1.54) is 13.3 Å². The molecule has 0 bridgehead atoms. The Morgan fingerprint density at radius 2 is 2.35 bits per heavy atom. The first-order valence-corrected chi connectivity index (χ1v) is 6.91. The van der Waals surface area contributed by atoms with Crippen molar-refractivity contribution in [2.75, 3.05) is 25.2 Å². The number of nitrogens with one attached hydrogen (secondary N) is 2. The third-order valence-corrected chi connectivity index (χ3v) is 4.22. The summed E-state index contributed by atoms with van der Waals surface area (Å²) < 4.78 is 27.4. The average Bonchev–Trinajstić information content (AvgIpc) is 2.76. The van der Waals surface area contributed by atoms with E-state index in [-0.39, 0.29) is 17.2 Å². The van der Waals surface area contributed by atoms with Crippen molar-refractivity contribution in [2.24, 2.45) is 0 Å². The summed E-state index contributed by atoms with van der Waals surface area (Å²) in [4.78, 5) is 18.0. The predicted octanol–water partition coefficient (Wildman–Crippen LogP) is -0.745. The van der Waals surface area contributed by atoms with Crippen LogP contribution in [0.1, 0.15) is 22.4 Å². The quantitative estimate of drug-likeness (QED) is 0.678. The van der Waals surface area contributed by atoms with E-state index in [9.17, 15) is 13.2 Å². The van der Waals surface area contributed by atoms with E-state index in [4.69, 9.17) is 0 Å². The third-order valence-electron chi connectivity index (χ3n) is 2.56. The fourth-order valence-corrected chi connectivity index (χ4v) is 3.07. The molecular weight excluding hydrogens is 246 g/mol. The van der Waals surface area contributed by atoms with Crippen molar-refractivity contribution in [1.29, 1.82) is 0 Å². The molecule has 0 aliphatic carbocycles. The number of hydrogen-bond acceptors (Lipinski definition) is 6. The van der Waals surface area contributed by atoms with Crippen molar-refractivity contribution >= 4 is 15.8 Å². The molecule has 1 unspecified atom stereocenters. The molecule has 7 nitrogen and oxygen atoms in total. The van der Waals surface area contributed by atoms with Crippen LogP contribution in [-0.4, -0.2) is 49.5 Å². The molecule has 94 valence electrons. The smallest absolute Gasteiger partial charge is 0.356 e. The van der Waals surface area contributed by atoms with E-state index in [1.54, 1.807) is 0 Å². The van der Waals surface area contributed by atoms with Gasteiger partial charge in [-0.3, -0.25) is 0 Å². The molecule has 17 heavy (non-hydrogen) atoms. The third kappa shape index (κ3) is 2.64. The molecule has 0 radical (unpaired) electrons. The number of nitrogens with zero attached hydrogens (tertiary/aromatic N) is 1. The minimum absolute atomic E-state index is 0.0128. The maximum absolute atomic E-state index is 11.5. The second-order valence-electron chi connectivity index (χ2n) is 3.79. The van der Waals surface area contributed by atoms with E-state index in [0.717, 1.165) is 0 Å². The van der Waals surface area contributed by atoms with E-state index in [1.807, 2.05) is 0 Å². The highest BCUT2D eigenvalue weighted by Gasteiger charge is 2.27. The molecule has 0 amide bonds. The lowest BCUT2D eigenvalue weighted by Crippen LogP contribution is -2.39. The normalized spacial score (nSPS) is 23.2. The Hall–Kier alpha value is -1.41. The summed E-state index contributed by atoms with van der Waals surface area (Å²) in [6.07, 6.45) is 1.34. The van der Waals surface area contributed by atoms with Crippen LogP contribution < -0.4 is 5.32 Å². The lowest BCUT2D eigenvalue weighted by atomic mass is 10.3. The number of hydrogen-bond donors (Lipinski definition) is 2. The van der Waals surface area contributed by atoms with Crippen molar-refractivity contribution in [3.63, 3.8) is 0 Å². The summed E-state index contributed by atoms with van der Waals surface area (Å²) >= 11 is 0. The first-order chi connectivity index (χ1) is 8.02. The number of imidazole rings is 1. The largest absolute Gasteiger partial charge is 0.464 e. The van der Waals surface area contributed by atoms with Gasteiger partial charge < -0.3 is 15.0 Å². The summed E-state index contributed by atoms with van der Waals surface area (Å²) in [6.45, 7) is 0.390. The fourth-order valence-electron chi connectivity index (χ4n) is 1.69. The molecule has 1 fully saturated rings. The van der Waals surface area contributed by atoms with Gasteiger partial charge in [0.05, 0.1) is 30.9 Å². The molecule has 1 aliphatic heterocycles. The number of ether oxygens (including phenoxy) is 1. The van der Waals surface area contributed by atoms with Gasteiger partial charge in [-0.15, -0.1) is 0 Å². The highest BCUT2D eigenvalue weighted by molar-refractivity contribution is 7.91. The van der Waals surface area contributed by atoms with Crippen LogP contribution in [0.5, 0.6) is 0 Å². The monoisotopic (exact) mass is 259 g/mol. The highest BCUT2D eigenvalue weighted by Crippen LogP contribution is 2.16. The molecule has 1 atom stereocenters. The van der Waals surface area contributed by atoms with Gasteiger partial charge in [-0.05, 0) is 0 Å². The van der Waals surface area contributed by atoms with Gasteiger partial charge in [0.1, 0.15) is 11.5 Å². The van der Waals surface area contributed by atoms with Crippen molar-refractivity contribution in [2.45, 2.75) is 6.04 Å². The molecule has 0 spiro atoms. The number of sulfone groups is 1. The molecule has 2 rings (SSSR count). The van der Waals surface area contributed by atoms with Gasteiger partial charge in [0.25, 0.3) is 0 Å². The zero-order valence-electron chi connectivity index (χ0n) is 9.26. The fraction of sp³-hybridized carbons (Fsp3) is 0.556. The molecule has 8 heteroatoms. The lowest BCUT2D eigenvalue weighted by Gasteiger charge is -2.21. The van der Waals surface area contributed by atoms with Crippen molar-refractivity contribution in [3.8, 4) is 0 Å². The SMILES string of the molecule is COC(=O)c1cnc(C2CS(=O)(=O)CCN2)[nH]1. The van der Waals surface area contributed by atoms with Crippen molar-refractivity contribution in [1.82, 2.24) is 15.3 Å². The molecule has 1 aliphatic rings. The van der Waals surface area contributed by atoms with Crippen LogP contribution in [0.3, 0.4) is 0 Å². The van der Waals surface area contributed by atoms with Crippen molar-refractivity contribution < 1.29 is 17.9 Å². The number of aromatic nitrogens is 2. The number of carbonyl (C=O) groups excluding carboxylic acids is 1.